The maximum Gasteiger partial charge on any atom is 0.261 e. The van der Waals surface area contributed by atoms with Crippen LogP contribution in [0.5, 0.6) is 0 Å². The normalized spacial score (nSPS) is 16.5. The molecule has 0 spiro atoms. The fourth-order valence-corrected chi connectivity index (χ4v) is 5.10. The van der Waals surface area contributed by atoms with Gasteiger partial charge in [0, 0.05) is 17.9 Å². The van der Waals surface area contributed by atoms with Crippen molar-refractivity contribution in [2.75, 3.05) is 36.8 Å². The summed E-state index contributed by atoms with van der Waals surface area (Å²) in [6.45, 7) is 3.38. The van der Waals surface area contributed by atoms with E-state index in [1.807, 2.05) is 24.3 Å². The standard InChI is InChI=1S/C29H32N4O2/c34-28-25-14-7-8-15-26(25)29(35)33(28)19-9-18-32-20-16-22(17-21-32)27(30-23-10-3-1-4-11-23)31-24-12-5-2-6-13-24/h1-8,10-15,22,27,30-31H,9,16-21H2. The number of piperidine rings is 1. The largest absolute Gasteiger partial charge is 0.365 e. The van der Waals surface area contributed by atoms with E-state index >= 15 is 0 Å². The van der Waals surface area contributed by atoms with Gasteiger partial charge < -0.3 is 15.5 Å². The average Bonchev–Trinajstić information content (AvgIpc) is 3.15. The molecule has 3 aromatic rings. The number of carbonyl (C=O) groups excluding carboxylic acids is 2. The van der Waals surface area contributed by atoms with Crippen LogP contribution >= 0.6 is 0 Å². The predicted octanol–water partition coefficient (Wildman–Crippen LogP) is 4.94. The van der Waals surface area contributed by atoms with Crippen LogP contribution in [0.4, 0.5) is 11.4 Å². The summed E-state index contributed by atoms with van der Waals surface area (Å²) in [5.41, 5.74) is 3.29. The molecule has 3 aromatic carbocycles. The monoisotopic (exact) mass is 468 g/mol. The summed E-state index contributed by atoms with van der Waals surface area (Å²) < 4.78 is 0. The third-order valence-corrected chi connectivity index (χ3v) is 7.03. The van der Waals surface area contributed by atoms with E-state index in [0.29, 0.717) is 23.6 Å². The van der Waals surface area contributed by atoms with Crippen molar-refractivity contribution < 1.29 is 9.59 Å². The molecule has 2 amide bonds. The molecule has 2 aliphatic heterocycles. The number of imide groups is 1. The van der Waals surface area contributed by atoms with Gasteiger partial charge >= 0.3 is 0 Å². The molecule has 2 aliphatic rings. The third-order valence-electron chi connectivity index (χ3n) is 7.03. The maximum absolute atomic E-state index is 12.6. The van der Waals surface area contributed by atoms with E-state index in [9.17, 15) is 9.59 Å². The van der Waals surface area contributed by atoms with Crippen molar-refractivity contribution in [3.8, 4) is 0 Å². The number of benzene rings is 3. The number of likely N-dealkylation sites (tertiary alicyclic amines) is 1. The Kier molecular flexibility index (Phi) is 7.09. The molecule has 5 rings (SSSR count). The van der Waals surface area contributed by atoms with Crippen LogP contribution in [0.1, 0.15) is 40.0 Å². The molecule has 1 saturated heterocycles. The van der Waals surface area contributed by atoms with Gasteiger partial charge in [-0.15, -0.1) is 0 Å². The number of hydrogen-bond donors (Lipinski definition) is 2. The second-order valence-electron chi connectivity index (χ2n) is 9.34. The predicted molar refractivity (Wildman–Crippen MR) is 140 cm³/mol. The summed E-state index contributed by atoms with van der Waals surface area (Å²) in [5, 5.41) is 7.40. The highest BCUT2D eigenvalue weighted by Gasteiger charge is 2.34. The lowest BCUT2D eigenvalue weighted by atomic mass is 9.93. The van der Waals surface area contributed by atoms with Crippen molar-refractivity contribution in [2.24, 2.45) is 5.92 Å². The van der Waals surface area contributed by atoms with Crippen LogP contribution in [0.3, 0.4) is 0 Å². The van der Waals surface area contributed by atoms with E-state index in [1.165, 1.54) is 4.90 Å². The molecule has 1 fully saturated rings. The van der Waals surface area contributed by atoms with E-state index in [4.69, 9.17) is 0 Å². The molecule has 0 unspecified atom stereocenters. The van der Waals surface area contributed by atoms with Gasteiger partial charge in [-0.05, 0) is 81.2 Å². The van der Waals surface area contributed by atoms with Crippen molar-refractivity contribution in [3.63, 3.8) is 0 Å². The molecule has 6 heteroatoms. The number of carbonyl (C=O) groups is 2. The zero-order chi connectivity index (χ0) is 24.0. The van der Waals surface area contributed by atoms with Crippen LogP contribution in [0.15, 0.2) is 84.9 Å². The number of anilines is 2. The quantitative estimate of drug-likeness (QED) is 0.344. The van der Waals surface area contributed by atoms with Gasteiger partial charge in [-0.1, -0.05) is 48.5 Å². The number of hydrogen-bond acceptors (Lipinski definition) is 5. The number of para-hydroxylation sites is 2. The van der Waals surface area contributed by atoms with Crippen LogP contribution in [-0.4, -0.2) is 54.0 Å². The van der Waals surface area contributed by atoms with Gasteiger partial charge in [-0.2, -0.15) is 0 Å². The molecule has 0 atom stereocenters. The number of rotatable bonds is 9. The minimum Gasteiger partial charge on any atom is -0.365 e. The highest BCUT2D eigenvalue weighted by atomic mass is 16.2. The third kappa shape index (κ3) is 5.38. The Labute approximate surface area is 206 Å². The fourth-order valence-electron chi connectivity index (χ4n) is 5.10. The summed E-state index contributed by atoms with van der Waals surface area (Å²) in [6, 6.07) is 27.8. The number of fused-ring (bicyclic) bond motifs is 1. The lowest BCUT2D eigenvalue weighted by Crippen LogP contribution is -2.44. The van der Waals surface area contributed by atoms with Crippen LogP contribution in [-0.2, 0) is 0 Å². The Balaban J connectivity index is 1.13. The van der Waals surface area contributed by atoms with Crippen molar-refractivity contribution in [1.82, 2.24) is 9.80 Å². The minimum absolute atomic E-state index is 0.139. The van der Waals surface area contributed by atoms with Crippen LogP contribution in [0, 0.1) is 5.92 Å². The summed E-state index contributed by atoms with van der Waals surface area (Å²) >= 11 is 0. The summed E-state index contributed by atoms with van der Waals surface area (Å²) in [5.74, 6) is 0.167. The molecule has 2 heterocycles. The molecule has 0 saturated carbocycles. The average molecular weight is 469 g/mol. The molecule has 6 nitrogen and oxygen atoms in total. The fraction of sp³-hybridized carbons (Fsp3) is 0.310. The molecule has 2 N–H and O–H groups in total. The molecular formula is C29H32N4O2. The van der Waals surface area contributed by atoms with Gasteiger partial charge in [-0.25, -0.2) is 0 Å². The van der Waals surface area contributed by atoms with Crippen LogP contribution in [0.25, 0.3) is 0 Å². The lowest BCUT2D eigenvalue weighted by molar-refractivity contribution is 0.0644. The van der Waals surface area contributed by atoms with Crippen molar-refractivity contribution >= 4 is 23.2 Å². The van der Waals surface area contributed by atoms with Crippen molar-refractivity contribution in [1.29, 1.82) is 0 Å². The Morgan fingerprint density at radius 2 is 1.17 bits per heavy atom. The van der Waals surface area contributed by atoms with E-state index in [0.717, 1.165) is 50.3 Å². The second kappa shape index (κ2) is 10.7. The topological polar surface area (TPSA) is 64.7 Å². The van der Waals surface area contributed by atoms with Crippen LogP contribution < -0.4 is 10.6 Å². The van der Waals surface area contributed by atoms with Gasteiger partial charge in [0.15, 0.2) is 0 Å². The van der Waals surface area contributed by atoms with Gasteiger partial charge in [-0.3, -0.25) is 14.5 Å². The highest BCUT2D eigenvalue weighted by Crippen LogP contribution is 2.26. The maximum atomic E-state index is 12.6. The Hall–Kier alpha value is -3.64. The first-order valence-electron chi connectivity index (χ1n) is 12.5. The summed E-state index contributed by atoms with van der Waals surface area (Å²) in [6.07, 6.45) is 3.10. The van der Waals surface area contributed by atoms with Gasteiger partial charge in [0.1, 0.15) is 0 Å². The van der Waals surface area contributed by atoms with E-state index in [-0.39, 0.29) is 18.0 Å². The Morgan fingerprint density at radius 3 is 1.69 bits per heavy atom. The molecule has 180 valence electrons. The number of amides is 2. The number of nitrogens with zero attached hydrogens (tertiary/aromatic N) is 2. The number of nitrogens with one attached hydrogen (secondary N) is 2. The van der Waals surface area contributed by atoms with Crippen LogP contribution in [0.2, 0.25) is 0 Å². The van der Waals surface area contributed by atoms with E-state index in [2.05, 4.69) is 64.1 Å². The molecular weight excluding hydrogens is 436 g/mol. The SMILES string of the molecule is O=C1c2ccccc2C(=O)N1CCCN1CCC(C(Nc2ccccc2)Nc2ccccc2)CC1. The second-order valence-corrected chi connectivity index (χ2v) is 9.34. The molecule has 0 radical (unpaired) electrons. The zero-order valence-corrected chi connectivity index (χ0v) is 19.9. The first kappa shape index (κ1) is 23.1. The van der Waals surface area contributed by atoms with Gasteiger partial charge in [0.25, 0.3) is 11.8 Å². The van der Waals surface area contributed by atoms with E-state index < -0.39 is 0 Å². The van der Waals surface area contributed by atoms with Gasteiger partial charge in [0.2, 0.25) is 0 Å². The lowest BCUT2D eigenvalue weighted by Gasteiger charge is -2.37. The first-order chi connectivity index (χ1) is 17.2. The van der Waals surface area contributed by atoms with Gasteiger partial charge in [0.05, 0.1) is 17.3 Å². The smallest absolute Gasteiger partial charge is 0.261 e. The molecule has 0 bridgehead atoms. The molecule has 0 aromatic heterocycles. The molecule has 0 aliphatic carbocycles. The summed E-state index contributed by atoms with van der Waals surface area (Å²) in [7, 11) is 0. The Bertz CT molecular complexity index is 1070. The highest BCUT2D eigenvalue weighted by molar-refractivity contribution is 6.21. The Morgan fingerprint density at radius 1 is 0.686 bits per heavy atom. The first-order valence-corrected chi connectivity index (χ1v) is 12.5. The van der Waals surface area contributed by atoms with Crippen molar-refractivity contribution in [3.05, 3.63) is 96.1 Å². The zero-order valence-electron chi connectivity index (χ0n) is 19.9. The van der Waals surface area contributed by atoms with Crippen molar-refractivity contribution in [2.45, 2.75) is 25.4 Å². The summed E-state index contributed by atoms with van der Waals surface area (Å²) in [4.78, 5) is 29.0. The molecule has 35 heavy (non-hydrogen) atoms. The van der Waals surface area contributed by atoms with E-state index in [1.54, 1.807) is 12.1 Å². The minimum atomic E-state index is -0.161.